The normalized spacial score (nSPS) is 14.2. The molecule has 2 nitrogen and oxygen atoms in total. The van der Waals surface area contributed by atoms with Crippen molar-refractivity contribution in [3.05, 3.63) is 11.5 Å². The van der Waals surface area contributed by atoms with Crippen molar-refractivity contribution in [3.8, 4) is 0 Å². The highest BCUT2D eigenvalue weighted by Gasteiger charge is 2.22. The van der Waals surface area contributed by atoms with Gasteiger partial charge in [0.15, 0.2) is 12.0 Å². The van der Waals surface area contributed by atoms with Crippen LogP contribution in [0.15, 0.2) is 11.5 Å². The summed E-state index contributed by atoms with van der Waals surface area (Å²) >= 11 is 0. The van der Waals surface area contributed by atoms with Crippen molar-refractivity contribution in [2.24, 2.45) is 0 Å². The van der Waals surface area contributed by atoms with Crippen LogP contribution in [0.2, 0.25) is 0 Å². The largest absolute Gasteiger partial charge is 0.451 e. The maximum absolute atomic E-state index is 10.2. The Labute approximate surface area is 80.0 Å². The first-order valence-corrected chi connectivity index (χ1v) is 5.24. The second-order valence-electron chi connectivity index (χ2n) is 3.53. The maximum Gasteiger partial charge on any atom is 0.204 e. The van der Waals surface area contributed by atoms with Gasteiger partial charge in [-0.05, 0) is 6.42 Å². The van der Waals surface area contributed by atoms with Gasteiger partial charge < -0.3 is 4.74 Å². The summed E-state index contributed by atoms with van der Waals surface area (Å²) in [7, 11) is 0. The monoisotopic (exact) mass is 182 g/mol. The zero-order chi connectivity index (χ0) is 9.52. The highest BCUT2D eigenvalue weighted by Crippen LogP contribution is 2.28. The minimum absolute atomic E-state index is 0.577. The molecule has 13 heavy (non-hydrogen) atoms. The molecule has 0 bridgehead atoms. The van der Waals surface area contributed by atoms with Crippen molar-refractivity contribution < 1.29 is 9.53 Å². The van der Waals surface area contributed by atoms with Crippen LogP contribution in [-0.4, -0.2) is 6.29 Å². The van der Waals surface area contributed by atoms with Gasteiger partial charge in [0, 0.05) is 6.42 Å². The van der Waals surface area contributed by atoms with Gasteiger partial charge in [-0.25, -0.2) is 0 Å². The van der Waals surface area contributed by atoms with E-state index in [0.717, 1.165) is 24.9 Å². The molecule has 0 spiro atoms. The van der Waals surface area contributed by atoms with Crippen LogP contribution in [0.1, 0.15) is 51.9 Å². The number of carbonyl (C=O) groups is 1. The molecule has 2 heteroatoms. The molecule has 0 aromatic rings. The zero-order valence-electron chi connectivity index (χ0n) is 8.34. The van der Waals surface area contributed by atoms with E-state index in [0.29, 0.717) is 5.76 Å². The van der Waals surface area contributed by atoms with Crippen LogP contribution in [0.4, 0.5) is 0 Å². The first-order valence-electron chi connectivity index (χ1n) is 5.24. The fourth-order valence-electron chi connectivity index (χ4n) is 1.44. The number of aldehydes is 1. The van der Waals surface area contributed by atoms with Gasteiger partial charge in [0.25, 0.3) is 0 Å². The Morgan fingerprint density at radius 1 is 1.15 bits per heavy atom. The summed E-state index contributed by atoms with van der Waals surface area (Å²) in [6.45, 7) is 2.22. The van der Waals surface area contributed by atoms with Crippen molar-refractivity contribution in [2.45, 2.75) is 51.9 Å². The minimum Gasteiger partial charge on any atom is -0.451 e. The lowest BCUT2D eigenvalue weighted by Crippen LogP contribution is -1.78. The Morgan fingerprint density at radius 2 is 1.85 bits per heavy atom. The molecule has 0 fully saturated rings. The molecule has 1 heterocycles. The lowest BCUT2D eigenvalue weighted by Gasteiger charge is -1.96. The Hall–Kier alpha value is -0.790. The predicted molar refractivity (Wildman–Crippen MR) is 52.2 cm³/mol. The third-order valence-electron chi connectivity index (χ3n) is 2.33. The summed E-state index contributed by atoms with van der Waals surface area (Å²) in [4.78, 5) is 10.2. The fraction of sp³-hybridized carbons (Fsp3) is 0.727. The molecule has 1 aliphatic rings. The van der Waals surface area contributed by atoms with Gasteiger partial charge in [0.1, 0.15) is 0 Å². The van der Waals surface area contributed by atoms with Crippen LogP contribution < -0.4 is 0 Å². The Kier molecular flexibility index (Phi) is 4.58. The Balaban J connectivity index is 1.85. The molecule has 1 aliphatic heterocycles. The predicted octanol–water partition coefficient (Wildman–Crippen LogP) is 3.18. The molecule has 0 aromatic carbocycles. The Bertz CT molecular complexity index is 194. The first kappa shape index (κ1) is 10.3. The number of ether oxygens (including phenoxy) is 1. The molecular formula is C11H18O2. The molecule has 0 amide bonds. The summed E-state index contributed by atoms with van der Waals surface area (Å²) in [5, 5.41) is 0. The standard InChI is InChI=1S/C11H18O2/c1-2-3-4-5-6-7-8-10-11(9-12)13-10/h9H,2-8H2,1H3. The van der Waals surface area contributed by atoms with E-state index in [9.17, 15) is 4.79 Å². The van der Waals surface area contributed by atoms with E-state index in [4.69, 9.17) is 4.74 Å². The molecule has 74 valence electrons. The second-order valence-corrected chi connectivity index (χ2v) is 3.53. The van der Waals surface area contributed by atoms with Gasteiger partial charge in [-0.2, -0.15) is 0 Å². The highest BCUT2D eigenvalue weighted by atomic mass is 16.6. The van der Waals surface area contributed by atoms with E-state index >= 15 is 0 Å². The highest BCUT2D eigenvalue weighted by molar-refractivity contribution is 5.75. The van der Waals surface area contributed by atoms with E-state index in [2.05, 4.69) is 6.92 Å². The summed E-state index contributed by atoms with van der Waals surface area (Å²) in [5.74, 6) is 1.50. The zero-order valence-corrected chi connectivity index (χ0v) is 8.34. The van der Waals surface area contributed by atoms with E-state index in [1.54, 1.807) is 0 Å². The lowest BCUT2D eigenvalue weighted by molar-refractivity contribution is -0.105. The molecular weight excluding hydrogens is 164 g/mol. The summed E-state index contributed by atoms with van der Waals surface area (Å²) in [6, 6.07) is 0. The van der Waals surface area contributed by atoms with Gasteiger partial charge >= 0.3 is 0 Å². The van der Waals surface area contributed by atoms with Crippen molar-refractivity contribution >= 4 is 6.29 Å². The topological polar surface area (TPSA) is 29.6 Å². The summed E-state index contributed by atoms with van der Waals surface area (Å²) < 4.78 is 4.96. The smallest absolute Gasteiger partial charge is 0.204 e. The van der Waals surface area contributed by atoms with Crippen LogP contribution >= 0.6 is 0 Å². The molecule has 0 atom stereocenters. The van der Waals surface area contributed by atoms with Gasteiger partial charge in [-0.3, -0.25) is 4.79 Å². The second kappa shape index (κ2) is 5.79. The first-order chi connectivity index (χ1) is 6.38. The van der Waals surface area contributed by atoms with Crippen LogP contribution in [0.3, 0.4) is 0 Å². The van der Waals surface area contributed by atoms with Crippen LogP contribution in [0.25, 0.3) is 0 Å². The van der Waals surface area contributed by atoms with Crippen LogP contribution in [0, 0.1) is 0 Å². The Morgan fingerprint density at radius 3 is 2.46 bits per heavy atom. The molecule has 0 unspecified atom stereocenters. The summed E-state index contributed by atoms with van der Waals surface area (Å²) in [6.07, 6.45) is 9.48. The number of rotatable bonds is 8. The van der Waals surface area contributed by atoms with Gasteiger partial charge in [-0.15, -0.1) is 0 Å². The third-order valence-corrected chi connectivity index (χ3v) is 2.33. The average Bonchev–Trinajstić information content (AvgIpc) is 2.90. The van der Waals surface area contributed by atoms with Crippen molar-refractivity contribution in [2.75, 3.05) is 0 Å². The van der Waals surface area contributed by atoms with E-state index < -0.39 is 0 Å². The van der Waals surface area contributed by atoms with Gasteiger partial charge in [0.2, 0.25) is 5.76 Å². The quantitative estimate of drug-likeness (QED) is 0.426. The summed E-state index contributed by atoms with van der Waals surface area (Å²) in [5.41, 5.74) is 0. The molecule has 0 saturated heterocycles. The number of hydrogen-bond donors (Lipinski definition) is 0. The number of carbonyl (C=O) groups excluding carboxylic acids is 1. The SMILES string of the molecule is CCCCCCCCC1=C(C=O)O1. The van der Waals surface area contributed by atoms with E-state index in [1.807, 2.05) is 0 Å². The van der Waals surface area contributed by atoms with E-state index in [-0.39, 0.29) is 0 Å². The molecule has 0 saturated carbocycles. The molecule has 0 aromatic heterocycles. The van der Waals surface area contributed by atoms with E-state index in [1.165, 1.54) is 32.1 Å². The van der Waals surface area contributed by atoms with Gasteiger partial charge in [0.05, 0.1) is 0 Å². The molecule has 0 aliphatic carbocycles. The van der Waals surface area contributed by atoms with Crippen molar-refractivity contribution in [3.63, 3.8) is 0 Å². The molecule has 0 radical (unpaired) electrons. The van der Waals surface area contributed by atoms with Gasteiger partial charge in [-0.1, -0.05) is 39.0 Å². The van der Waals surface area contributed by atoms with Crippen molar-refractivity contribution in [1.29, 1.82) is 0 Å². The lowest BCUT2D eigenvalue weighted by atomic mass is 10.1. The average molecular weight is 182 g/mol. The van der Waals surface area contributed by atoms with Crippen LogP contribution in [-0.2, 0) is 9.53 Å². The van der Waals surface area contributed by atoms with Crippen LogP contribution in [0.5, 0.6) is 0 Å². The molecule has 0 N–H and O–H groups in total. The third kappa shape index (κ3) is 4.11. The minimum atomic E-state index is 0.577. The maximum atomic E-state index is 10.2. The molecule has 1 rings (SSSR count). The van der Waals surface area contributed by atoms with Crippen molar-refractivity contribution in [1.82, 2.24) is 0 Å². The number of hydrogen-bond acceptors (Lipinski definition) is 2. The number of allylic oxidation sites excluding steroid dienone is 2. The number of unbranched alkanes of at least 4 members (excludes halogenated alkanes) is 5. The fourth-order valence-corrected chi connectivity index (χ4v) is 1.44.